The molecule has 1 heterocycles. The van der Waals surface area contributed by atoms with Crippen LogP contribution in [0.3, 0.4) is 0 Å². The number of thiophene rings is 1. The summed E-state index contributed by atoms with van der Waals surface area (Å²) in [7, 11) is 1.35. The van der Waals surface area contributed by atoms with Gasteiger partial charge in [0.2, 0.25) is 0 Å². The third-order valence-electron chi connectivity index (χ3n) is 2.03. The summed E-state index contributed by atoms with van der Waals surface area (Å²) in [5.41, 5.74) is 0.281. The van der Waals surface area contributed by atoms with E-state index in [2.05, 4.69) is 0 Å². The molecule has 1 aromatic heterocycles. The molecular weight excluding hydrogens is 203 g/mol. The van der Waals surface area contributed by atoms with Crippen LogP contribution in [0.4, 0.5) is 4.39 Å². The normalized spacial score (nSPS) is 10.4. The zero-order valence-electron chi connectivity index (χ0n) is 7.41. The summed E-state index contributed by atoms with van der Waals surface area (Å²) in [5, 5.41) is 2.56. The van der Waals surface area contributed by atoms with Gasteiger partial charge in [0, 0.05) is 10.1 Å². The van der Waals surface area contributed by atoms with E-state index in [4.69, 9.17) is 4.74 Å². The van der Waals surface area contributed by atoms with Gasteiger partial charge in [0.15, 0.2) is 17.9 Å². The van der Waals surface area contributed by atoms with Gasteiger partial charge in [-0.2, -0.15) is 0 Å². The Bertz CT molecular complexity index is 490. The third kappa shape index (κ3) is 1.19. The maximum absolute atomic E-state index is 13.4. The number of hydrogen-bond donors (Lipinski definition) is 0. The lowest BCUT2D eigenvalue weighted by molar-refractivity contribution is 0.112. The predicted molar refractivity (Wildman–Crippen MR) is 53.7 cm³/mol. The molecule has 0 fully saturated rings. The van der Waals surface area contributed by atoms with E-state index >= 15 is 0 Å². The molecule has 0 spiro atoms. The van der Waals surface area contributed by atoms with E-state index in [1.807, 2.05) is 5.38 Å². The van der Waals surface area contributed by atoms with Gasteiger partial charge in [-0.05, 0) is 17.5 Å². The minimum atomic E-state index is -0.496. The molecule has 0 saturated carbocycles. The highest BCUT2D eigenvalue weighted by Crippen LogP contribution is 2.32. The van der Waals surface area contributed by atoms with E-state index in [0.29, 0.717) is 6.29 Å². The molecule has 0 aliphatic heterocycles. The molecule has 0 unspecified atom stereocenters. The van der Waals surface area contributed by atoms with Crippen molar-refractivity contribution in [1.82, 2.24) is 0 Å². The SMILES string of the molecule is COc1c(F)cc2sccc2c1C=O. The molecule has 72 valence electrons. The molecule has 0 radical (unpaired) electrons. The molecular formula is C10H7FO2S. The van der Waals surface area contributed by atoms with Gasteiger partial charge >= 0.3 is 0 Å². The number of carbonyl (C=O) groups is 1. The van der Waals surface area contributed by atoms with Crippen molar-refractivity contribution in [3.63, 3.8) is 0 Å². The molecule has 0 saturated heterocycles. The number of fused-ring (bicyclic) bond motifs is 1. The van der Waals surface area contributed by atoms with Crippen molar-refractivity contribution >= 4 is 27.7 Å². The number of rotatable bonds is 2. The van der Waals surface area contributed by atoms with E-state index < -0.39 is 5.82 Å². The Morgan fingerprint density at radius 2 is 2.36 bits per heavy atom. The summed E-state index contributed by atoms with van der Waals surface area (Å²) in [6.45, 7) is 0. The van der Waals surface area contributed by atoms with Gasteiger partial charge in [-0.25, -0.2) is 4.39 Å². The van der Waals surface area contributed by atoms with E-state index in [0.717, 1.165) is 10.1 Å². The average molecular weight is 210 g/mol. The molecule has 1 aromatic carbocycles. The van der Waals surface area contributed by atoms with Crippen LogP contribution < -0.4 is 4.74 Å². The third-order valence-corrected chi connectivity index (χ3v) is 2.89. The Balaban J connectivity index is 2.88. The molecule has 2 rings (SSSR count). The minimum Gasteiger partial charge on any atom is -0.493 e. The summed E-state index contributed by atoms with van der Waals surface area (Å²) in [4.78, 5) is 10.8. The van der Waals surface area contributed by atoms with Crippen molar-refractivity contribution in [2.75, 3.05) is 7.11 Å². The number of benzene rings is 1. The second-order valence-electron chi connectivity index (χ2n) is 2.76. The van der Waals surface area contributed by atoms with Crippen LogP contribution >= 0.6 is 11.3 Å². The maximum Gasteiger partial charge on any atom is 0.167 e. The standard InChI is InChI=1S/C10H7FO2S/c1-13-10-7(5-12)6-2-3-14-9(6)4-8(10)11/h2-5H,1H3. The average Bonchev–Trinajstić information content (AvgIpc) is 2.62. The summed E-state index contributed by atoms with van der Waals surface area (Å²) in [6, 6.07) is 3.16. The number of hydrogen-bond acceptors (Lipinski definition) is 3. The largest absolute Gasteiger partial charge is 0.493 e. The Hall–Kier alpha value is -1.42. The van der Waals surface area contributed by atoms with Gasteiger partial charge in [-0.15, -0.1) is 11.3 Å². The zero-order valence-corrected chi connectivity index (χ0v) is 8.23. The first-order valence-electron chi connectivity index (χ1n) is 3.96. The van der Waals surface area contributed by atoms with E-state index in [-0.39, 0.29) is 11.3 Å². The number of ether oxygens (including phenoxy) is 1. The zero-order chi connectivity index (χ0) is 10.1. The molecule has 2 nitrogen and oxygen atoms in total. The van der Waals surface area contributed by atoms with Crippen LogP contribution in [0.15, 0.2) is 17.5 Å². The van der Waals surface area contributed by atoms with E-state index in [9.17, 15) is 9.18 Å². The Labute approximate surface area is 83.9 Å². The van der Waals surface area contributed by atoms with E-state index in [1.54, 1.807) is 6.07 Å². The number of methoxy groups -OCH3 is 1. The van der Waals surface area contributed by atoms with Crippen LogP contribution in [0.5, 0.6) is 5.75 Å². The van der Waals surface area contributed by atoms with Crippen LogP contribution in [0.2, 0.25) is 0 Å². The molecule has 14 heavy (non-hydrogen) atoms. The fourth-order valence-electron chi connectivity index (χ4n) is 1.41. The number of carbonyl (C=O) groups excluding carboxylic acids is 1. The number of halogens is 1. The van der Waals surface area contributed by atoms with Crippen LogP contribution in [0, 0.1) is 5.82 Å². The van der Waals surface area contributed by atoms with Gasteiger partial charge in [0.25, 0.3) is 0 Å². The van der Waals surface area contributed by atoms with Crippen molar-refractivity contribution in [1.29, 1.82) is 0 Å². The van der Waals surface area contributed by atoms with Crippen LogP contribution in [-0.2, 0) is 0 Å². The van der Waals surface area contributed by atoms with Gasteiger partial charge in [0.05, 0.1) is 12.7 Å². The van der Waals surface area contributed by atoms with Crippen LogP contribution in [0.25, 0.3) is 10.1 Å². The summed E-state index contributed by atoms with van der Waals surface area (Å²) < 4.78 is 19.0. The molecule has 0 bridgehead atoms. The lowest BCUT2D eigenvalue weighted by atomic mass is 10.1. The Morgan fingerprint density at radius 3 is 3.00 bits per heavy atom. The molecule has 2 aromatic rings. The van der Waals surface area contributed by atoms with Gasteiger partial charge in [0.1, 0.15) is 0 Å². The van der Waals surface area contributed by atoms with Crippen LogP contribution in [0.1, 0.15) is 10.4 Å². The van der Waals surface area contributed by atoms with Crippen molar-refractivity contribution in [3.8, 4) is 5.75 Å². The Morgan fingerprint density at radius 1 is 1.57 bits per heavy atom. The monoisotopic (exact) mass is 210 g/mol. The minimum absolute atomic E-state index is 0.0194. The summed E-state index contributed by atoms with van der Waals surface area (Å²) >= 11 is 1.40. The molecule has 0 aliphatic rings. The topological polar surface area (TPSA) is 26.3 Å². The van der Waals surface area contributed by atoms with Gasteiger partial charge in [-0.3, -0.25) is 4.79 Å². The first-order chi connectivity index (χ1) is 6.77. The number of aldehydes is 1. The lowest BCUT2D eigenvalue weighted by Gasteiger charge is -2.05. The smallest absolute Gasteiger partial charge is 0.167 e. The first-order valence-corrected chi connectivity index (χ1v) is 4.84. The quantitative estimate of drug-likeness (QED) is 0.712. The van der Waals surface area contributed by atoms with Crippen molar-refractivity contribution < 1.29 is 13.9 Å². The lowest BCUT2D eigenvalue weighted by Crippen LogP contribution is -1.94. The highest BCUT2D eigenvalue weighted by Gasteiger charge is 2.13. The van der Waals surface area contributed by atoms with Crippen molar-refractivity contribution in [3.05, 3.63) is 28.9 Å². The Kier molecular flexibility index (Phi) is 2.21. The van der Waals surface area contributed by atoms with Gasteiger partial charge in [-0.1, -0.05) is 0 Å². The maximum atomic E-state index is 13.4. The highest BCUT2D eigenvalue weighted by molar-refractivity contribution is 7.17. The van der Waals surface area contributed by atoms with Crippen molar-refractivity contribution in [2.45, 2.75) is 0 Å². The van der Waals surface area contributed by atoms with E-state index in [1.165, 1.54) is 24.5 Å². The fraction of sp³-hybridized carbons (Fsp3) is 0.100. The van der Waals surface area contributed by atoms with Crippen molar-refractivity contribution in [2.24, 2.45) is 0 Å². The molecule has 0 amide bonds. The second-order valence-corrected chi connectivity index (χ2v) is 3.70. The highest BCUT2D eigenvalue weighted by atomic mass is 32.1. The second kappa shape index (κ2) is 3.38. The first kappa shape index (κ1) is 9.15. The van der Waals surface area contributed by atoms with Gasteiger partial charge < -0.3 is 4.74 Å². The fourth-order valence-corrected chi connectivity index (χ4v) is 2.24. The summed E-state index contributed by atoms with van der Waals surface area (Å²) in [6.07, 6.45) is 0.622. The summed E-state index contributed by atoms with van der Waals surface area (Å²) in [5.74, 6) is -0.476. The molecule has 4 heteroatoms. The molecule has 0 N–H and O–H groups in total. The van der Waals surface area contributed by atoms with Crippen LogP contribution in [-0.4, -0.2) is 13.4 Å². The molecule has 0 aliphatic carbocycles. The predicted octanol–water partition coefficient (Wildman–Crippen LogP) is 2.86. The molecule has 0 atom stereocenters.